The van der Waals surface area contributed by atoms with Crippen LogP contribution in [-0.2, 0) is 0 Å². The van der Waals surface area contributed by atoms with E-state index in [4.69, 9.17) is 14.1 Å². The first-order chi connectivity index (χ1) is 16.1. The molecule has 1 aliphatic heterocycles. The van der Waals surface area contributed by atoms with Crippen LogP contribution in [-0.4, -0.2) is 17.0 Å². The molecule has 1 aliphatic rings. The second-order valence-corrected chi connectivity index (χ2v) is 9.16. The molecule has 162 valence electrons. The number of nitrogens with zero attached hydrogens (tertiary/aromatic N) is 2. The molecule has 1 amide bonds. The van der Waals surface area contributed by atoms with E-state index in [9.17, 15) is 10.1 Å². The van der Waals surface area contributed by atoms with E-state index in [1.165, 1.54) is 28.9 Å². The molecule has 4 heterocycles. The number of benzene rings is 1. The molecule has 3 aromatic heterocycles. The van der Waals surface area contributed by atoms with E-state index < -0.39 is 0 Å². The van der Waals surface area contributed by atoms with Crippen LogP contribution >= 0.6 is 22.7 Å². The zero-order valence-corrected chi connectivity index (χ0v) is 19.1. The number of para-hydroxylation sites is 1. The lowest BCUT2D eigenvalue weighted by molar-refractivity contribution is 0.0997. The van der Waals surface area contributed by atoms with Gasteiger partial charge in [0, 0.05) is 5.56 Å². The van der Waals surface area contributed by atoms with Gasteiger partial charge < -0.3 is 14.5 Å². The number of nitrogens with one attached hydrogen (secondary N) is 1. The third-order valence-corrected chi connectivity index (χ3v) is 6.91. The maximum Gasteiger partial charge on any atom is 0.292 e. The summed E-state index contributed by atoms with van der Waals surface area (Å²) in [6.45, 7) is 1.95. The standard InChI is InChI=1S/C25H17N3O3S2/c1-15-17(12-16-6-2-3-7-19(16)31-15)13-18(14-26)24-27-22(21-9-5-11-32-21)25(33-24)28-23(29)20-8-4-10-30-20/h2-13,15H,1H3,(H,28,29). The quantitative estimate of drug-likeness (QED) is 0.336. The summed E-state index contributed by atoms with van der Waals surface area (Å²) >= 11 is 2.77. The van der Waals surface area contributed by atoms with E-state index in [1.54, 1.807) is 18.2 Å². The number of thiophene rings is 1. The number of nitriles is 1. The van der Waals surface area contributed by atoms with Gasteiger partial charge >= 0.3 is 0 Å². The smallest absolute Gasteiger partial charge is 0.292 e. The van der Waals surface area contributed by atoms with Crippen LogP contribution < -0.4 is 10.1 Å². The van der Waals surface area contributed by atoms with Crippen molar-refractivity contribution in [1.82, 2.24) is 4.98 Å². The molecular weight excluding hydrogens is 454 g/mol. The molecule has 0 radical (unpaired) electrons. The van der Waals surface area contributed by atoms with Gasteiger partial charge in [-0.2, -0.15) is 5.26 Å². The molecular formula is C25H17N3O3S2. The lowest BCUT2D eigenvalue weighted by Gasteiger charge is -2.22. The number of furan rings is 1. The number of aromatic nitrogens is 1. The van der Waals surface area contributed by atoms with Crippen molar-refractivity contribution in [1.29, 1.82) is 5.26 Å². The first-order valence-corrected chi connectivity index (χ1v) is 11.8. The van der Waals surface area contributed by atoms with E-state index in [-0.39, 0.29) is 17.8 Å². The van der Waals surface area contributed by atoms with E-state index in [0.29, 0.717) is 21.3 Å². The Morgan fingerprint density at radius 1 is 1.21 bits per heavy atom. The highest BCUT2D eigenvalue weighted by Gasteiger charge is 2.22. The third-order valence-electron chi connectivity index (χ3n) is 5.03. The minimum atomic E-state index is -0.371. The molecule has 0 spiro atoms. The first-order valence-electron chi connectivity index (χ1n) is 10.1. The Hall–Kier alpha value is -3.93. The summed E-state index contributed by atoms with van der Waals surface area (Å²) in [5.41, 5.74) is 2.86. The summed E-state index contributed by atoms with van der Waals surface area (Å²) in [6.07, 6.45) is 5.06. The summed E-state index contributed by atoms with van der Waals surface area (Å²) in [5.74, 6) is 0.650. The Morgan fingerprint density at radius 2 is 2.09 bits per heavy atom. The van der Waals surface area contributed by atoms with Crippen LogP contribution in [0, 0.1) is 11.3 Å². The number of carbonyl (C=O) groups is 1. The van der Waals surface area contributed by atoms with Gasteiger partial charge in [-0.05, 0) is 54.3 Å². The van der Waals surface area contributed by atoms with E-state index in [1.807, 2.05) is 54.8 Å². The Bertz CT molecular complexity index is 1410. The normalized spacial score (nSPS) is 15.2. The van der Waals surface area contributed by atoms with Crippen LogP contribution in [0.5, 0.6) is 5.75 Å². The van der Waals surface area contributed by atoms with Crippen LogP contribution in [0.1, 0.15) is 28.0 Å². The fourth-order valence-corrected chi connectivity index (χ4v) is 5.13. The monoisotopic (exact) mass is 471 g/mol. The topological polar surface area (TPSA) is 88.1 Å². The van der Waals surface area contributed by atoms with Crippen LogP contribution in [0.25, 0.3) is 22.2 Å². The fourth-order valence-electron chi connectivity index (χ4n) is 3.40. The van der Waals surface area contributed by atoms with Crippen molar-refractivity contribution in [2.75, 3.05) is 5.32 Å². The largest absolute Gasteiger partial charge is 0.485 e. The summed E-state index contributed by atoms with van der Waals surface area (Å²) < 4.78 is 11.2. The Kier molecular flexibility index (Phi) is 5.65. The SMILES string of the molecule is CC1Oc2ccccc2C=C1C=C(C#N)c1nc(-c2cccs2)c(NC(=O)c2ccco2)s1. The minimum Gasteiger partial charge on any atom is -0.485 e. The summed E-state index contributed by atoms with van der Waals surface area (Å²) in [6, 6.07) is 17.1. The van der Waals surface area contributed by atoms with Crippen molar-refractivity contribution in [2.45, 2.75) is 13.0 Å². The molecule has 4 aromatic rings. The molecule has 6 nitrogen and oxygen atoms in total. The maximum atomic E-state index is 12.6. The van der Waals surface area contributed by atoms with Crippen molar-refractivity contribution in [3.63, 3.8) is 0 Å². The molecule has 33 heavy (non-hydrogen) atoms. The number of allylic oxidation sites excluding steroid dienone is 1. The molecule has 8 heteroatoms. The zero-order valence-electron chi connectivity index (χ0n) is 17.4. The van der Waals surface area contributed by atoms with Gasteiger partial charge in [0.25, 0.3) is 5.91 Å². The second kappa shape index (κ2) is 8.90. The lowest BCUT2D eigenvalue weighted by atomic mass is 10.0. The second-order valence-electron chi connectivity index (χ2n) is 7.22. The van der Waals surface area contributed by atoms with Crippen LogP contribution in [0.15, 0.2) is 76.2 Å². The number of rotatable bonds is 5. The summed E-state index contributed by atoms with van der Waals surface area (Å²) in [7, 11) is 0. The molecule has 1 unspecified atom stereocenters. The highest BCUT2D eigenvalue weighted by molar-refractivity contribution is 7.18. The molecule has 5 rings (SSSR count). The number of thiazole rings is 1. The molecule has 1 aromatic carbocycles. The van der Waals surface area contributed by atoms with Gasteiger partial charge in [0.05, 0.1) is 16.7 Å². The van der Waals surface area contributed by atoms with Crippen molar-refractivity contribution in [3.05, 3.63) is 88.2 Å². The number of carbonyl (C=O) groups excluding carboxylic acids is 1. The highest BCUT2D eigenvalue weighted by atomic mass is 32.1. The number of amides is 1. The van der Waals surface area contributed by atoms with Gasteiger partial charge in [0.2, 0.25) is 0 Å². The number of ether oxygens (including phenoxy) is 1. The summed E-state index contributed by atoms with van der Waals surface area (Å²) in [4.78, 5) is 18.2. The third kappa shape index (κ3) is 4.24. The lowest BCUT2D eigenvalue weighted by Crippen LogP contribution is -2.17. The average Bonchev–Trinajstić information content (AvgIpc) is 3.59. The van der Waals surface area contributed by atoms with Gasteiger partial charge in [0.1, 0.15) is 33.6 Å². The van der Waals surface area contributed by atoms with Gasteiger partial charge in [-0.3, -0.25) is 4.79 Å². The fraction of sp³-hybridized carbons (Fsp3) is 0.0800. The van der Waals surface area contributed by atoms with Gasteiger partial charge in [0.15, 0.2) is 5.76 Å². The molecule has 0 fully saturated rings. The average molecular weight is 472 g/mol. The molecule has 0 saturated carbocycles. The van der Waals surface area contributed by atoms with Crippen molar-refractivity contribution in [3.8, 4) is 22.4 Å². The van der Waals surface area contributed by atoms with Gasteiger partial charge in [-0.25, -0.2) is 4.98 Å². The predicted octanol–water partition coefficient (Wildman–Crippen LogP) is 6.49. The molecule has 0 bridgehead atoms. The number of hydrogen-bond donors (Lipinski definition) is 1. The maximum absolute atomic E-state index is 12.6. The number of fused-ring (bicyclic) bond motifs is 1. The Morgan fingerprint density at radius 3 is 2.85 bits per heavy atom. The van der Waals surface area contributed by atoms with Crippen LogP contribution in [0.4, 0.5) is 5.00 Å². The van der Waals surface area contributed by atoms with Crippen LogP contribution in [0.2, 0.25) is 0 Å². The number of hydrogen-bond acceptors (Lipinski definition) is 7. The van der Waals surface area contributed by atoms with E-state index in [2.05, 4.69) is 11.4 Å². The number of anilines is 1. The Balaban J connectivity index is 1.53. The Labute approximate surface area is 198 Å². The first kappa shape index (κ1) is 20.9. The minimum absolute atomic E-state index is 0.204. The van der Waals surface area contributed by atoms with Crippen LogP contribution in [0.3, 0.4) is 0 Å². The summed E-state index contributed by atoms with van der Waals surface area (Å²) in [5, 5.41) is 15.8. The predicted molar refractivity (Wildman–Crippen MR) is 130 cm³/mol. The van der Waals surface area contributed by atoms with Crippen molar-refractivity contribution >= 4 is 45.2 Å². The highest BCUT2D eigenvalue weighted by Crippen LogP contribution is 2.39. The van der Waals surface area contributed by atoms with Gasteiger partial charge in [-0.1, -0.05) is 35.6 Å². The van der Waals surface area contributed by atoms with Gasteiger partial charge in [-0.15, -0.1) is 11.3 Å². The molecule has 0 saturated heterocycles. The van der Waals surface area contributed by atoms with E-state index in [0.717, 1.165) is 21.8 Å². The zero-order chi connectivity index (χ0) is 22.8. The molecule has 1 atom stereocenters. The molecule has 0 aliphatic carbocycles. The van der Waals surface area contributed by atoms with E-state index >= 15 is 0 Å². The molecule has 1 N–H and O–H groups in total. The van der Waals surface area contributed by atoms with Crippen molar-refractivity contribution in [2.24, 2.45) is 0 Å². The van der Waals surface area contributed by atoms with Crippen molar-refractivity contribution < 1.29 is 13.9 Å².